The van der Waals surface area contributed by atoms with Crippen molar-refractivity contribution < 1.29 is 4.79 Å². The minimum atomic E-state index is 0.0575. The zero-order chi connectivity index (χ0) is 15.8. The van der Waals surface area contributed by atoms with Gasteiger partial charge in [-0.3, -0.25) is 4.79 Å². The molecular weight excluding hydrogens is 292 g/mol. The number of carbonyl (C=O) groups excluding carboxylic acids is 1. The maximum Gasteiger partial charge on any atom is 0.186 e. The Bertz CT molecular complexity index is 627. The Morgan fingerprint density at radius 2 is 1.64 bits per heavy atom. The van der Waals surface area contributed by atoms with Crippen molar-refractivity contribution in [2.45, 2.75) is 32.6 Å². The van der Waals surface area contributed by atoms with Gasteiger partial charge in [-0.25, -0.2) is 0 Å². The molecule has 0 N–H and O–H groups in total. The molecule has 0 aliphatic rings. The van der Waals surface area contributed by atoms with Gasteiger partial charge in [0.2, 0.25) is 0 Å². The predicted octanol–water partition coefficient (Wildman–Crippen LogP) is 6.19. The number of carbonyl (C=O) groups is 1. The average molecular weight is 313 g/mol. The Morgan fingerprint density at radius 1 is 0.955 bits per heavy atom. The molecule has 0 saturated heterocycles. The monoisotopic (exact) mass is 312 g/mol. The lowest BCUT2D eigenvalue weighted by atomic mass is 9.97. The summed E-state index contributed by atoms with van der Waals surface area (Å²) in [4.78, 5) is 12.4. The van der Waals surface area contributed by atoms with Crippen molar-refractivity contribution >= 4 is 23.0 Å². The fourth-order valence-corrected chi connectivity index (χ4v) is 2.50. The normalized spacial score (nSPS) is 11.5. The van der Waals surface area contributed by atoms with Crippen LogP contribution in [0.2, 0.25) is 5.02 Å². The molecular formula is C20H21ClO. The summed E-state index contributed by atoms with van der Waals surface area (Å²) in [6.45, 7) is 2.18. The van der Waals surface area contributed by atoms with Gasteiger partial charge in [0.25, 0.3) is 0 Å². The van der Waals surface area contributed by atoms with E-state index < -0.39 is 0 Å². The van der Waals surface area contributed by atoms with E-state index in [1.165, 1.54) is 12.8 Å². The van der Waals surface area contributed by atoms with Gasteiger partial charge in [0.1, 0.15) is 0 Å². The lowest BCUT2D eigenvalue weighted by molar-refractivity contribution is 0.104. The fraction of sp³-hybridized carbons (Fsp3) is 0.250. The van der Waals surface area contributed by atoms with E-state index in [2.05, 4.69) is 6.92 Å². The second-order valence-corrected chi connectivity index (χ2v) is 5.80. The van der Waals surface area contributed by atoms with Gasteiger partial charge in [-0.15, -0.1) is 0 Å². The van der Waals surface area contributed by atoms with Gasteiger partial charge >= 0.3 is 0 Å². The summed E-state index contributed by atoms with van der Waals surface area (Å²) < 4.78 is 0. The topological polar surface area (TPSA) is 17.1 Å². The molecule has 0 aromatic heterocycles. The summed E-state index contributed by atoms with van der Waals surface area (Å²) in [5, 5.41) is 0.714. The molecule has 1 nitrogen and oxygen atoms in total. The molecule has 0 radical (unpaired) electrons. The Balaban J connectivity index is 2.25. The van der Waals surface area contributed by atoms with Crippen LogP contribution >= 0.6 is 11.6 Å². The minimum Gasteiger partial charge on any atom is -0.289 e. The smallest absolute Gasteiger partial charge is 0.186 e. The molecule has 2 heteroatoms. The largest absolute Gasteiger partial charge is 0.289 e. The summed E-state index contributed by atoms with van der Waals surface area (Å²) in [6, 6.07) is 17.1. The van der Waals surface area contributed by atoms with Gasteiger partial charge in [-0.2, -0.15) is 0 Å². The van der Waals surface area contributed by atoms with Gasteiger partial charge in [-0.1, -0.05) is 73.8 Å². The van der Waals surface area contributed by atoms with Crippen molar-refractivity contribution in [2.75, 3.05) is 0 Å². The van der Waals surface area contributed by atoms with Crippen LogP contribution in [0.15, 0.2) is 60.7 Å². The van der Waals surface area contributed by atoms with Crippen LogP contribution in [0, 0.1) is 0 Å². The van der Waals surface area contributed by atoms with Crippen LogP contribution in [0.4, 0.5) is 0 Å². The van der Waals surface area contributed by atoms with Gasteiger partial charge in [-0.05, 0) is 42.2 Å². The molecule has 0 fully saturated rings. The summed E-state index contributed by atoms with van der Waals surface area (Å²) in [5.74, 6) is 0.0575. The zero-order valence-corrected chi connectivity index (χ0v) is 13.6. The van der Waals surface area contributed by atoms with Crippen LogP contribution in [0.3, 0.4) is 0 Å². The van der Waals surface area contributed by atoms with E-state index in [0.29, 0.717) is 5.02 Å². The average Bonchev–Trinajstić information content (AvgIpc) is 2.55. The van der Waals surface area contributed by atoms with E-state index in [1.807, 2.05) is 54.6 Å². The van der Waals surface area contributed by atoms with Crippen LogP contribution in [-0.4, -0.2) is 5.78 Å². The predicted molar refractivity (Wildman–Crippen MR) is 94.3 cm³/mol. The maximum atomic E-state index is 12.4. The molecule has 22 heavy (non-hydrogen) atoms. The van der Waals surface area contributed by atoms with Crippen molar-refractivity contribution in [1.82, 2.24) is 0 Å². The molecule has 114 valence electrons. The minimum absolute atomic E-state index is 0.0575. The molecule has 0 heterocycles. The maximum absolute atomic E-state index is 12.4. The quantitative estimate of drug-likeness (QED) is 0.338. The number of allylic oxidation sites excluding steroid dienone is 2. The van der Waals surface area contributed by atoms with Gasteiger partial charge < -0.3 is 0 Å². The van der Waals surface area contributed by atoms with E-state index in [0.717, 1.165) is 29.5 Å². The first-order chi connectivity index (χ1) is 10.7. The zero-order valence-electron chi connectivity index (χ0n) is 12.9. The van der Waals surface area contributed by atoms with E-state index in [-0.39, 0.29) is 5.78 Å². The first-order valence-corrected chi connectivity index (χ1v) is 8.14. The second kappa shape index (κ2) is 8.55. The van der Waals surface area contributed by atoms with Crippen LogP contribution in [0.1, 0.15) is 48.5 Å². The third-order valence-corrected chi connectivity index (χ3v) is 3.88. The Kier molecular flexibility index (Phi) is 6.42. The lowest BCUT2D eigenvalue weighted by Gasteiger charge is -2.08. The van der Waals surface area contributed by atoms with Crippen molar-refractivity contribution in [2.24, 2.45) is 0 Å². The number of hydrogen-bond acceptors (Lipinski definition) is 1. The third kappa shape index (κ3) is 4.85. The van der Waals surface area contributed by atoms with E-state index in [1.54, 1.807) is 6.08 Å². The van der Waals surface area contributed by atoms with Crippen LogP contribution in [-0.2, 0) is 0 Å². The molecule has 2 aromatic carbocycles. The lowest BCUT2D eigenvalue weighted by Crippen LogP contribution is -1.97. The highest BCUT2D eigenvalue weighted by Crippen LogP contribution is 2.24. The number of hydrogen-bond donors (Lipinski definition) is 0. The molecule has 0 aliphatic heterocycles. The van der Waals surface area contributed by atoms with Crippen LogP contribution in [0.5, 0.6) is 0 Å². The van der Waals surface area contributed by atoms with Crippen LogP contribution < -0.4 is 0 Å². The molecule has 0 bridgehead atoms. The number of rotatable bonds is 7. The first kappa shape index (κ1) is 16.5. The summed E-state index contributed by atoms with van der Waals surface area (Å²) in [7, 11) is 0. The number of halogens is 1. The standard InChI is InChI=1S/C20H21ClO/c1-2-3-5-10-18(16-11-13-19(21)14-12-16)15-20(22)17-8-6-4-7-9-17/h4,6-9,11-15H,2-3,5,10H2,1H3. The summed E-state index contributed by atoms with van der Waals surface area (Å²) in [6.07, 6.45) is 6.11. The van der Waals surface area contributed by atoms with Crippen molar-refractivity contribution in [1.29, 1.82) is 0 Å². The van der Waals surface area contributed by atoms with Gasteiger partial charge in [0, 0.05) is 10.6 Å². The fourth-order valence-electron chi connectivity index (χ4n) is 2.37. The molecule has 0 unspecified atom stereocenters. The van der Waals surface area contributed by atoms with Crippen molar-refractivity contribution in [3.05, 3.63) is 76.8 Å². The second-order valence-electron chi connectivity index (χ2n) is 5.36. The summed E-state index contributed by atoms with van der Waals surface area (Å²) >= 11 is 5.96. The molecule has 0 saturated carbocycles. The van der Waals surface area contributed by atoms with Gasteiger partial charge in [0.05, 0.1) is 0 Å². The molecule has 0 aliphatic carbocycles. The molecule has 2 aromatic rings. The highest BCUT2D eigenvalue weighted by atomic mass is 35.5. The molecule has 0 amide bonds. The SMILES string of the molecule is CCCCCC(=CC(=O)c1ccccc1)c1ccc(Cl)cc1. The third-order valence-electron chi connectivity index (χ3n) is 3.63. The number of unbranched alkanes of at least 4 members (excludes halogenated alkanes) is 2. The van der Waals surface area contributed by atoms with E-state index >= 15 is 0 Å². The van der Waals surface area contributed by atoms with E-state index in [9.17, 15) is 4.79 Å². The Labute approximate surface area is 137 Å². The Morgan fingerprint density at radius 3 is 2.27 bits per heavy atom. The highest BCUT2D eigenvalue weighted by Gasteiger charge is 2.07. The molecule has 0 atom stereocenters. The highest BCUT2D eigenvalue weighted by molar-refractivity contribution is 6.30. The van der Waals surface area contributed by atoms with Crippen molar-refractivity contribution in [3.63, 3.8) is 0 Å². The Hall–Kier alpha value is -1.86. The van der Waals surface area contributed by atoms with Crippen LogP contribution in [0.25, 0.3) is 5.57 Å². The van der Waals surface area contributed by atoms with Gasteiger partial charge in [0.15, 0.2) is 5.78 Å². The van der Waals surface area contributed by atoms with Crippen molar-refractivity contribution in [3.8, 4) is 0 Å². The number of benzene rings is 2. The first-order valence-electron chi connectivity index (χ1n) is 7.76. The molecule has 0 spiro atoms. The number of ketones is 1. The molecule has 2 rings (SSSR count). The summed E-state index contributed by atoms with van der Waals surface area (Å²) in [5.41, 5.74) is 2.88. The van der Waals surface area contributed by atoms with E-state index in [4.69, 9.17) is 11.6 Å².